The van der Waals surface area contributed by atoms with Crippen molar-refractivity contribution in [1.29, 1.82) is 0 Å². The SMILES string of the molecule is CC1(C)C=C(n2ccccc2=O)c2cc(S(=O)(=O)Nc3ccccc3)ccc2O1. The van der Waals surface area contributed by atoms with Gasteiger partial charge in [-0.3, -0.25) is 14.1 Å². The van der Waals surface area contributed by atoms with Gasteiger partial charge in [-0.2, -0.15) is 0 Å². The zero-order valence-electron chi connectivity index (χ0n) is 16.0. The molecule has 29 heavy (non-hydrogen) atoms. The number of para-hydroxylation sites is 1. The topological polar surface area (TPSA) is 77.4 Å². The van der Waals surface area contributed by atoms with E-state index in [2.05, 4.69) is 4.72 Å². The molecule has 0 fully saturated rings. The van der Waals surface area contributed by atoms with Crippen molar-refractivity contribution < 1.29 is 13.2 Å². The van der Waals surface area contributed by atoms with Crippen LogP contribution in [0.5, 0.6) is 5.75 Å². The highest BCUT2D eigenvalue weighted by Gasteiger charge is 2.29. The molecule has 4 rings (SSSR count). The molecule has 1 aliphatic heterocycles. The van der Waals surface area contributed by atoms with Crippen LogP contribution in [-0.2, 0) is 10.0 Å². The van der Waals surface area contributed by atoms with Gasteiger partial charge < -0.3 is 4.74 Å². The molecular formula is C22H20N2O4S. The Morgan fingerprint density at radius 2 is 1.69 bits per heavy atom. The summed E-state index contributed by atoms with van der Waals surface area (Å²) in [4.78, 5) is 12.5. The Balaban J connectivity index is 1.83. The minimum atomic E-state index is -3.81. The lowest BCUT2D eigenvalue weighted by molar-refractivity contribution is 0.157. The third-order valence-corrected chi connectivity index (χ3v) is 5.88. The summed E-state index contributed by atoms with van der Waals surface area (Å²) in [6.45, 7) is 3.76. The van der Waals surface area contributed by atoms with Crippen molar-refractivity contribution in [3.8, 4) is 5.75 Å². The van der Waals surface area contributed by atoms with Crippen LogP contribution in [0.25, 0.3) is 5.70 Å². The highest BCUT2D eigenvalue weighted by Crippen LogP contribution is 2.37. The molecule has 0 atom stereocenters. The molecule has 0 saturated heterocycles. The molecule has 0 unspecified atom stereocenters. The second kappa shape index (κ2) is 6.93. The standard InChI is InChI=1S/C22H20N2O4S/c1-22(2)15-19(24-13-7-6-10-21(24)25)18-14-17(11-12-20(18)28-22)29(26,27)23-16-8-4-3-5-9-16/h3-15,23H,1-2H3. The van der Waals surface area contributed by atoms with Gasteiger partial charge in [0.1, 0.15) is 11.4 Å². The Kier molecular flexibility index (Phi) is 4.55. The Hall–Kier alpha value is -3.32. The number of sulfonamides is 1. The molecule has 0 radical (unpaired) electrons. The number of rotatable bonds is 4. The van der Waals surface area contributed by atoms with Gasteiger partial charge in [0.05, 0.1) is 10.6 Å². The number of pyridine rings is 1. The third kappa shape index (κ3) is 3.82. The summed E-state index contributed by atoms with van der Waals surface area (Å²) >= 11 is 0. The van der Waals surface area contributed by atoms with Crippen molar-refractivity contribution in [2.75, 3.05) is 4.72 Å². The van der Waals surface area contributed by atoms with Gasteiger partial charge in [-0.25, -0.2) is 8.42 Å². The summed E-state index contributed by atoms with van der Waals surface area (Å²) in [7, 11) is -3.81. The van der Waals surface area contributed by atoms with E-state index in [9.17, 15) is 13.2 Å². The van der Waals surface area contributed by atoms with E-state index in [1.165, 1.54) is 22.8 Å². The summed E-state index contributed by atoms with van der Waals surface area (Å²) in [6.07, 6.45) is 3.47. The molecule has 3 aromatic rings. The first-order chi connectivity index (χ1) is 13.8. The third-order valence-electron chi connectivity index (χ3n) is 4.50. The fourth-order valence-electron chi connectivity index (χ4n) is 3.23. The fraction of sp³-hybridized carbons (Fsp3) is 0.136. The minimum Gasteiger partial charge on any atom is -0.483 e. The van der Waals surface area contributed by atoms with Crippen LogP contribution in [0.2, 0.25) is 0 Å². The van der Waals surface area contributed by atoms with Crippen LogP contribution in [0.15, 0.2) is 88.7 Å². The average molecular weight is 408 g/mol. The van der Waals surface area contributed by atoms with Crippen LogP contribution >= 0.6 is 0 Å². The van der Waals surface area contributed by atoms with E-state index in [1.807, 2.05) is 26.0 Å². The second-order valence-electron chi connectivity index (χ2n) is 7.27. The van der Waals surface area contributed by atoms with E-state index in [-0.39, 0.29) is 10.5 Å². The molecule has 6 nitrogen and oxygen atoms in total. The van der Waals surface area contributed by atoms with E-state index >= 15 is 0 Å². The van der Waals surface area contributed by atoms with Gasteiger partial charge in [0.2, 0.25) is 0 Å². The maximum absolute atomic E-state index is 12.9. The summed E-state index contributed by atoms with van der Waals surface area (Å²) < 4.78 is 35.8. The molecular weight excluding hydrogens is 388 g/mol. The predicted octanol–water partition coefficient (Wildman–Crippen LogP) is 3.71. The first-order valence-electron chi connectivity index (χ1n) is 9.07. The van der Waals surface area contributed by atoms with Gasteiger partial charge in [0.25, 0.3) is 15.6 Å². The maximum Gasteiger partial charge on any atom is 0.261 e. The van der Waals surface area contributed by atoms with E-state index in [0.29, 0.717) is 22.7 Å². The van der Waals surface area contributed by atoms with Crippen molar-refractivity contribution in [3.63, 3.8) is 0 Å². The van der Waals surface area contributed by atoms with Crippen LogP contribution < -0.4 is 15.0 Å². The highest BCUT2D eigenvalue weighted by atomic mass is 32.2. The lowest BCUT2D eigenvalue weighted by atomic mass is 9.99. The van der Waals surface area contributed by atoms with Crippen molar-refractivity contribution >= 4 is 21.4 Å². The van der Waals surface area contributed by atoms with Crippen LogP contribution in [0.4, 0.5) is 5.69 Å². The Labute approximate surface area is 169 Å². The first-order valence-corrected chi connectivity index (χ1v) is 10.6. The Morgan fingerprint density at radius 1 is 0.966 bits per heavy atom. The molecule has 0 spiro atoms. The number of hydrogen-bond acceptors (Lipinski definition) is 4. The average Bonchev–Trinajstić information content (AvgIpc) is 2.67. The number of fused-ring (bicyclic) bond motifs is 1. The van der Waals surface area contributed by atoms with E-state index in [0.717, 1.165) is 0 Å². The molecule has 0 saturated carbocycles. The van der Waals surface area contributed by atoms with Gasteiger partial charge in [0, 0.05) is 23.5 Å². The molecule has 0 bridgehead atoms. The number of ether oxygens (including phenoxy) is 1. The Bertz CT molecular complexity index is 1260. The zero-order chi connectivity index (χ0) is 20.6. The predicted molar refractivity (Wildman–Crippen MR) is 112 cm³/mol. The highest BCUT2D eigenvalue weighted by molar-refractivity contribution is 7.92. The second-order valence-corrected chi connectivity index (χ2v) is 8.96. The number of anilines is 1. The van der Waals surface area contributed by atoms with Gasteiger partial charge in [-0.15, -0.1) is 0 Å². The molecule has 1 N–H and O–H groups in total. The van der Waals surface area contributed by atoms with Crippen LogP contribution in [0, 0.1) is 0 Å². The van der Waals surface area contributed by atoms with Crippen LogP contribution in [-0.4, -0.2) is 18.6 Å². The van der Waals surface area contributed by atoms with Crippen LogP contribution in [0.1, 0.15) is 19.4 Å². The fourth-order valence-corrected chi connectivity index (χ4v) is 4.32. The number of nitrogens with zero attached hydrogens (tertiary/aromatic N) is 1. The molecule has 1 aliphatic rings. The minimum absolute atomic E-state index is 0.0817. The van der Waals surface area contributed by atoms with Crippen molar-refractivity contribution in [1.82, 2.24) is 4.57 Å². The van der Waals surface area contributed by atoms with Crippen molar-refractivity contribution in [2.45, 2.75) is 24.3 Å². The molecule has 0 amide bonds. The summed E-state index contributed by atoms with van der Waals surface area (Å²) in [5, 5.41) is 0. The smallest absolute Gasteiger partial charge is 0.261 e. The van der Waals surface area contributed by atoms with Crippen molar-refractivity contribution in [2.24, 2.45) is 0 Å². The summed E-state index contributed by atoms with van der Waals surface area (Å²) in [6, 6.07) is 18.2. The molecule has 2 heterocycles. The van der Waals surface area contributed by atoms with Crippen molar-refractivity contribution in [3.05, 3.63) is 94.9 Å². The van der Waals surface area contributed by atoms with Gasteiger partial charge in [-0.05, 0) is 56.3 Å². The van der Waals surface area contributed by atoms with E-state index in [4.69, 9.17) is 4.74 Å². The van der Waals surface area contributed by atoms with Crippen LogP contribution in [0.3, 0.4) is 0 Å². The van der Waals surface area contributed by atoms with E-state index in [1.54, 1.807) is 48.7 Å². The number of benzene rings is 2. The molecule has 0 aliphatic carbocycles. The first kappa shape index (κ1) is 19.0. The number of nitrogens with one attached hydrogen (secondary N) is 1. The number of aromatic nitrogens is 1. The van der Waals surface area contributed by atoms with Gasteiger partial charge in [0.15, 0.2) is 0 Å². The lowest BCUT2D eigenvalue weighted by Crippen LogP contribution is -2.32. The Morgan fingerprint density at radius 3 is 2.41 bits per heavy atom. The van der Waals surface area contributed by atoms with Gasteiger partial charge >= 0.3 is 0 Å². The largest absolute Gasteiger partial charge is 0.483 e. The normalized spacial score (nSPS) is 15.0. The maximum atomic E-state index is 12.9. The lowest BCUT2D eigenvalue weighted by Gasteiger charge is -2.31. The molecule has 148 valence electrons. The molecule has 1 aromatic heterocycles. The zero-order valence-corrected chi connectivity index (χ0v) is 16.8. The summed E-state index contributed by atoms with van der Waals surface area (Å²) in [5.41, 5.74) is 0.725. The monoisotopic (exact) mass is 408 g/mol. The molecule has 7 heteroatoms. The molecule has 2 aromatic carbocycles. The summed E-state index contributed by atoms with van der Waals surface area (Å²) in [5.74, 6) is 0.516. The quantitative estimate of drug-likeness (QED) is 0.714. The van der Waals surface area contributed by atoms with Gasteiger partial charge in [-0.1, -0.05) is 24.3 Å². The van der Waals surface area contributed by atoms with E-state index < -0.39 is 15.6 Å². The number of hydrogen-bond donors (Lipinski definition) is 1.